The standard InChI is InChI=1S/C20H28N4O/c1-23-12-6-5-9-18(23)15-22-19(25)24-13-10-20(16-21,11-14-24)17-7-3-2-4-8-17/h2-4,7-8,18H,5-6,9-15H2,1H3,(H,22,25). The summed E-state index contributed by atoms with van der Waals surface area (Å²) in [5, 5.41) is 12.8. The average molecular weight is 340 g/mol. The molecular formula is C20H28N4O. The maximum atomic E-state index is 12.5. The molecule has 0 spiro atoms. The van der Waals surface area contributed by atoms with Crippen LogP contribution in [0.3, 0.4) is 0 Å². The summed E-state index contributed by atoms with van der Waals surface area (Å²) in [6.07, 6.45) is 5.05. The Morgan fingerprint density at radius 2 is 1.96 bits per heavy atom. The van der Waals surface area contributed by atoms with Crippen LogP contribution in [0, 0.1) is 11.3 Å². The van der Waals surface area contributed by atoms with Gasteiger partial charge in [0.2, 0.25) is 0 Å². The van der Waals surface area contributed by atoms with Gasteiger partial charge in [-0.25, -0.2) is 4.79 Å². The maximum absolute atomic E-state index is 12.5. The number of amides is 2. The first-order chi connectivity index (χ1) is 12.1. The molecule has 2 aliphatic heterocycles. The van der Waals surface area contributed by atoms with Gasteiger partial charge in [-0.1, -0.05) is 36.8 Å². The van der Waals surface area contributed by atoms with E-state index in [0.29, 0.717) is 38.5 Å². The topological polar surface area (TPSA) is 59.4 Å². The number of nitrogens with zero attached hydrogens (tertiary/aromatic N) is 3. The summed E-state index contributed by atoms with van der Waals surface area (Å²) < 4.78 is 0. The van der Waals surface area contributed by atoms with Crippen molar-refractivity contribution in [3.05, 3.63) is 35.9 Å². The Hall–Kier alpha value is -2.06. The van der Waals surface area contributed by atoms with Crippen LogP contribution in [0.25, 0.3) is 0 Å². The van der Waals surface area contributed by atoms with Crippen LogP contribution < -0.4 is 5.32 Å². The van der Waals surface area contributed by atoms with Gasteiger partial charge in [0.15, 0.2) is 0 Å². The van der Waals surface area contributed by atoms with Gasteiger partial charge < -0.3 is 15.1 Å². The zero-order valence-corrected chi connectivity index (χ0v) is 15.1. The van der Waals surface area contributed by atoms with E-state index in [1.807, 2.05) is 35.2 Å². The first-order valence-corrected chi connectivity index (χ1v) is 9.34. The first-order valence-electron chi connectivity index (χ1n) is 9.34. The monoisotopic (exact) mass is 340 g/mol. The second-order valence-corrected chi connectivity index (χ2v) is 7.36. The molecule has 5 heteroatoms. The van der Waals surface area contributed by atoms with Crippen molar-refractivity contribution in [3.63, 3.8) is 0 Å². The van der Waals surface area contributed by atoms with Crippen LogP contribution in [0.2, 0.25) is 0 Å². The summed E-state index contributed by atoms with van der Waals surface area (Å²) in [7, 11) is 2.14. The van der Waals surface area contributed by atoms with Crippen molar-refractivity contribution in [3.8, 4) is 6.07 Å². The molecule has 0 aromatic heterocycles. The van der Waals surface area contributed by atoms with Crippen LogP contribution in [0.4, 0.5) is 4.79 Å². The number of likely N-dealkylation sites (tertiary alicyclic amines) is 2. The molecule has 2 saturated heterocycles. The predicted molar refractivity (Wildman–Crippen MR) is 98.2 cm³/mol. The lowest BCUT2D eigenvalue weighted by Gasteiger charge is -2.38. The Labute approximate surface area is 150 Å². The Morgan fingerprint density at radius 3 is 2.60 bits per heavy atom. The summed E-state index contributed by atoms with van der Waals surface area (Å²) in [5.41, 5.74) is 0.614. The molecule has 1 atom stereocenters. The average Bonchev–Trinajstić information content (AvgIpc) is 2.68. The van der Waals surface area contributed by atoms with Crippen molar-refractivity contribution in [1.29, 1.82) is 5.26 Å². The highest BCUT2D eigenvalue weighted by molar-refractivity contribution is 5.74. The minimum absolute atomic E-state index is 0.0126. The van der Waals surface area contributed by atoms with Gasteiger partial charge in [-0.3, -0.25) is 0 Å². The minimum atomic E-state index is -0.457. The zero-order valence-electron chi connectivity index (χ0n) is 15.1. The SMILES string of the molecule is CN1CCCCC1CNC(=O)N1CCC(C#N)(c2ccccc2)CC1. The molecule has 134 valence electrons. The van der Waals surface area contributed by atoms with E-state index in [0.717, 1.165) is 18.5 Å². The Bertz CT molecular complexity index is 616. The molecule has 2 aliphatic rings. The third-order valence-corrected chi connectivity index (χ3v) is 5.86. The molecule has 0 radical (unpaired) electrons. The van der Waals surface area contributed by atoms with E-state index in [9.17, 15) is 10.1 Å². The number of urea groups is 1. The Balaban J connectivity index is 1.53. The molecule has 1 unspecified atom stereocenters. The normalized spacial score (nSPS) is 23.7. The van der Waals surface area contributed by atoms with Crippen LogP contribution >= 0.6 is 0 Å². The third kappa shape index (κ3) is 3.96. The fourth-order valence-electron chi connectivity index (χ4n) is 4.03. The number of rotatable bonds is 3. The van der Waals surface area contributed by atoms with E-state index in [-0.39, 0.29) is 6.03 Å². The van der Waals surface area contributed by atoms with Gasteiger partial charge in [-0.15, -0.1) is 0 Å². The van der Waals surface area contributed by atoms with Crippen molar-refractivity contribution in [2.75, 3.05) is 33.2 Å². The van der Waals surface area contributed by atoms with Gasteiger partial charge in [0.25, 0.3) is 0 Å². The predicted octanol–water partition coefficient (Wildman–Crippen LogP) is 2.74. The maximum Gasteiger partial charge on any atom is 0.317 e. The van der Waals surface area contributed by atoms with Crippen molar-refractivity contribution in [2.45, 2.75) is 43.6 Å². The van der Waals surface area contributed by atoms with E-state index < -0.39 is 5.41 Å². The largest absolute Gasteiger partial charge is 0.336 e. The molecule has 1 aromatic carbocycles. The molecule has 0 aliphatic carbocycles. The van der Waals surface area contributed by atoms with Crippen LogP contribution in [0.15, 0.2) is 30.3 Å². The number of likely N-dealkylation sites (N-methyl/N-ethyl adjacent to an activating group) is 1. The molecule has 2 amide bonds. The third-order valence-electron chi connectivity index (χ3n) is 5.86. The van der Waals surface area contributed by atoms with Gasteiger partial charge in [-0.05, 0) is 44.8 Å². The molecule has 1 aromatic rings. The number of carbonyl (C=O) groups excluding carboxylic acids is 1. The fraction of sp³-hybridized carbons (Fsp3) is 0.600. The van der Waals surface area contributed by atoms with Crippen LogP contribution in [-0.4, -0.2) is 55.1 Å². The summed E-state index contributed by atoms with van der Waals surface area (Å²) in [6.45, 7) is 3.10. The lowest BCUT2D eigenvalue weighted by atomic mass is 9.74. The molecule has 5 nitrogen and oxygen atoms in total. The number of hydrogen-bond acceptors (Lipinski definition) is 3. The quantitative estimate of drug-likeness (QED) is 0.920. The van der Waals surface area contributed by atoms with Crippen molar-refractivity contribution in [2.24, 2.45) is 0 Å². The van der Waals surface area contributed by atoms with E-state index in [1.165, 1.54) is 12.8 Å². The Morgan fingerprint density at radius 1 is 1.24 bits per heavy atom. The first kappa shape index (κ1) is 17.8. The number of hydrogen-bond donors (Lipinski definition) is 1. The molecule has 1 N–H and O–H groups in total. The second-order valence-electron chi connectivity index (χ2n) is 7.36. The highest BCUT2D eigenvalue weighted by atomic mass is 16.2. The molecular weight excluding hydrogens is 312 g/mol. The smallest absolute Gasteiger partial charge is 0.317 e. The lowest BCUT2D eigenvalue weighted by Crippen LogP contribution is -2.51. The molecule has 0 saturated carbocycles. The van der Waals surface area contributed by atoms with E-state index in [2.05, 4.69) is 23.3 Å². The minimum Gasteiger partial charge on any atom is -0.336 e. The summed E-state index contributed by atoms with van der Waals surface area (Å²) >= 11 is 0. The molecule has 25 heavy (non-hydrogen) atoms. The van der Waals surface area contributed by atoms with Crippen molar-refractivity contribution >= 4 is 6.03 Å². The van der Waals surface area contributed by atoms with Crippen molar-refractivity contribution in [1.82, 2.24) is 15.1 Å². The number of nitrogens with one attached hydrogen (secondary N) is 1. The zero-order chi connectivity index (χ0) is 17.7. The van der Waals surface area contributed by atoms with Gasteiger partial charge in [0, 0.05) is 25.7 Å². The van der Waals surface area contributed by atoms with E-state index >= 15 is 0 Å². The summed E-state index contributed by atoms with van der Waals surface area (Å²) in [4.78, 5) is 16.7. The summed E-state index contributed by atoms with van der Waals surface area (Å²) in [5.74, 6) is 0. The number of carbonyl (C=O) groups is 1. The fourth-order valence-corrected chi connectivity index (χ4v) is 4.03. The lowest BCUT2D eigenvalue weighted by molar-refractivity contribution is 0.156. The summed E-state index contributed by atoms with van der Waals surface area (Å²) in [6, 6.07) is 13.0. The van der Waals surface area contributed by atoms with Crippen LogP contribution in [0.5, 0.6) is 0 Å². The second kappa shape index (κ2) is 7.88. The molecule has 2 fully saturated rings. The van der Waals surface area contributed by atoms with Crippen LogP contribution in [0.1, 0.15) is 37.7 Å². The Kier molecular flexibility index (Phi) is 5.60. The van der Waals surface area contributed by atoms with Gasteiger partial charge in [0.05, 0.1) is 11.5 Å². The van der Waals surface area contributed by atoms with Crippen LogP contribution in [-0.2, 0) is 5.41 Å². The highest BCUT2D eigenvalue weighted by Crippen LogP contribution is 2.34. The van der Waals surface area contributed by atoms with E-state index in [1.54, 1.807) is 0 Å². The number of piperidine rings is 2. The molecule has 0 bridgehead atoms. The number of benzene rings is 1. The molecule has 3 rings (SSSR count). The highest BCUT2D eigenvalue weighted by Gasteiger charge is 2.37. The van der Waals surface area contributed by atoms with E-state index in [4.69, 9.17) is 0 Å². The van der Waals surface area contributed by atoms with Gasteiger partial charge in [0.1, 0.15) is 0 Å². The molecule has 2 heterocycles. The van der Waals surface area contributed by atoms with Gasteiger partial charge >= 0.3 is 6.03 Å². The van der Waals surface area contributed by atoms with Gasteiger partial charge in [-0.2, -0.15) is 5.26 Å². The van der Waals surface area contributed by atoms with Crippen molar-refractivity contribution < 1.29 is 4.79 Å². The number of nitriles is 1.